The molecule has 0 aromatic heterocycles. The zero-order valence-electron chi connectivity index (χ0n) is 33.1. The van der Waals surface area contributed by atoms with Gasteiger partial charge in [-0.25, -0.2) is 0 Å². The fourth-order valence-corrected chi connectivity index (χ4v) is 7.75. The zero-order chi connectivity index (χ0) is 38.6. The number of hydrogen-bond acceptors (Lipinski definition) is 9. The third-order valence-corrected chi connectivity index (χ3v) is 10.8. The molecule has 4 N–H and O–H groups in total. The molecular weight excluding hydrogens is 650 g/mol. The zero-order valence-corrected chi connectivity index (χ0v) is 33.1. The van der Waals surface area contributed by atoms with Crippen LogP contribution in [0.5, 0.6) is 0 Å². The number of nitrogens with one attached hydrogen (secondary N) is 3. The summed E-state index contributed by atoms with van der Waals surface area (Å²) in [5.41, 5.74) is 0.713. The Labute approximate surface area is 306 Å². The van der Waals surface area contributed by atoms with Gasteiger partial charge in [0.15, 0.2) is 0 Å². The van der Waals surface area contributed by atoms with Gasteiger partial charge in [0, 0.05) is 26.8 Å². The van der Waals surface area contributed by atoms with E-state index in [1.807, 2.05) is 74.9 Å². The molecule has 0 saturated carbocycles. The Hall–Kier alpha value is -2.90. The van der Waals surface area contributed by atoms with Crippen molar-refractivity contribution in [3.05, 3.63) is 35.9 Å². The maximum absolute atomic E-state index is 14.2. The molecule has 1 saturated heterocycles. The minimum Gasteiger partial charge on any atom is -0.386 e. The number of amides is 4. The monoisotopic (exact) mass is 718 g/mol. The largest absolute Gasteiger partial charge is 0.386 e. The van der Waals surface area contributed by atoms with Crippen molar-refractivity contribution in [2.24, 2.45) is 23.7 Å². The average molecular weight is 718 g/mol. The molecule has 0 aliphatic carbocycles. The molecule has 10 atom stereocenters. The van der Waals surface area contributed by atoms with Gasteiger partial charge in [-0.05, 0) is 57.2 Å². The van der Waals surface area contributed by atoms with E-state index in [4.69, 9.17) is 9.47 Å². The number of rotatable bonds is 20. The Morgan fingerprint density at radius 1 is 0.941 bits per heavy atom. The number of aliphatic hydroxyl groups excluding tert-OH is 1. The summed E-state index contributed by atoms with van der Waals surface area (Å²) in [5, 5.41) is 19.4. The van der Waals surface area contributed by atoms with Crippen LogP contribution in [0.15, 0.2) is 30.3 Å². The first-order valence-electron chi connectivity index (χ1n) is 18.7. The minimum atomic E-state index is -0.873. The van der Waals surface area contributed by atoms with E-state index >= 15 is 0 Å². The topological polar surface area (TPSA) is 150 Å². The van der Waals surface area contributed by atoms with E-state index in [0.29, 0.717) is 18.5 Å². The second-order valence-electron chi connectivity index (χ2n) is 15.0. The molecule has 0 radical (unpaired) electrons. The summed E-state index contributed by atoms with van der Waals surface area (Å²) in [6, 6.07) is 6.86. The molecule has 1 fully saturated rings. The van der Waals surface area contributed by atoms with Crippen LogP contribution < -0.4 is 16.0 Å². The van der Waals surface area contributed by atoms with Gasteiger partial charge in [-0.2, -0.15) is 0 Å². The van der Waals surface area contributed by atoms with Gasteiger partial charge in [-0.1, -0.05) is 85.2 Å². The number of hydrogen-bond donors (Lipinski definition) is 4. The number of carbonyl (C=O) groups is 4. The quantitative estimate of drug-likeness (QED) is 0.159. The van der Waals surface area contributed by atoms with Crippen molar-refractivity contribution in [1.82, 2.24) is 25.8 Å². The third-order valence-electron chi connectivity index (χ3n) is 10.8. The smallest absolute Gasteiger partial charge is 0.244 e. The SMILES string of the molecule is CCC(C)C(C(CC(=O)N1CCCC1C(OC)C(C)C(=O)NC(C)C(O)c1ccccc1)OC)N(C)C(C(=O)NC(=O)C(NC)C(C)C)C(C)C. The summed E-state index contributed by atoms with van der Waals surface area (Å²) in [5.74, 6) is -1.80. The Morgan fingerprint density at radius 2 is 1.57 bits per heavy atom. The van der Waals surface area contributed by atoms with Gasteiger partial charge in [-0.3, -0.25) is 29.4 Å². The Bertz CT molecular complexity index is 1250. The van der Waals surface area contributed by atoms with Crippen molar-refractivity contribution < 1.29 is 33.8 Å². The number of benzene rings is 1. The minimum absolute atomic E-state index is 0.00429. The van der Waals surface area contributed by atoms with Gasteiger partial charge < -0.3 is 30.1 Å². The number of methoxy groups -OCH3 is 2. The van der Waals surface area contributed by atoms with Crippen molar-refractivity contribution in [2.45, 2.75) is 130 Å². The van der Waals surface area contributed by atoms with E-state index in [9.17, 15) is 24.3 Å². The molecule has 1 heterocycles. The molecular formula is C39H67N5O7. The molecule has 10 unspecified atom stereocenters. The highest BCUT2D eigenvalue weighted by Crippen LogP contribution is 2.30. The van der Waals surface area contributed by atoms with Gasteiger partial charge in [0.05, 0.1) is 54.8 Å². The van der Waals surface area contributed by atoms with Gasteiger partial charge in [-0.15, -0.1) is 0 Å². The summed E-state index contributed by atoms with van der Waals surface area (Å²) in [6.45, 7) is 16.0. The van der Waals surface area contributed by atoms with Gasteiger partial charge >= 0.3 is 0 Å². The summed E-state index contributed by atoms with van der Waals surface area (Å²) in [4.78, 5) is 58.1. The summed E-state index contributed by atoms with van der Waals surface area (Å²) in [6.07, 6.45) is 0.326. The van der Waals surface area contributed by atoms with E-state index < -0.39 is 42.4 Å². The second-order valence-corrected chi connectivity index (χ2v) is 15.0. The molecule has 1 aromatic rings. The number of likely N-dealkylation sites (N-methyl/N-ethyl adjacent to an activating group) is 2. The third kappa shape index (κ3) is 11.5. The highest BCUT2D eigenvalue weighted by molar-refractivity contribution is 6.00. The molecule has 4 amide bonds. The van der Waals surface area contributed by atoms with E-state index in [-0.39, 0.29) is 59.9 Å². The van der Waals surface area contributed by atoms with Crippen LogP contribution in [0.1, 0.15) is 92.7 Å². The van der Waals surface area contributed by atoms with Crippen LogP contribution in [0.4, 0.5) is 0 Å². The first kappa shape index (κ1) is 44.3. The number of imide groups is 1. The number of nitrogens with zero attached hydrogens (tertiary/aromatic N) is 2. The van der Waals surface area contributed by atoms with Gasteiger partial charge in [0.25, 0.3) is 0 Å². The van der Waals surface area contributed by atoms with E-state index in [0.717, 1.165) is 12.8 Å². The van der Waals surface area contributed by atoms with Crippen molar-refractivity contribution in [3.8, 4) is 0 Å². The first-order chi connectivity index (χ1) is 24.0. The lowest BCUT2D eigenvalue weighted by molar-refractivity contribution is -0.144. The molecule has 1 aromatic carbocycles. The number of ether oxygens (including phenoxy) is 2. The first-order valence-corrected chi connectivity index (χ1v) is 18.7. The Morgan fingerprint density at radius 3 is 2.08 bits per heavy atom. The average Bonchev–Trinajstić information content (AvgIpc) is 3.57. The van der Waals surface area contributed by atoms with Crippen molar-refractivity contribution in [3.63, 3.8) is 0 Å². The van der Waals surface area contributed by atoms with Crippen LogP contribution in [0, 0.1) is 23.7 Å². The summed E-state index contributed by atoms with van der Waals surface area (Å²) in [7, 11) is 6.72. The van der Waals surface area contributed by atoms with Crippen molar-refractivity contribution in [2.75, 3.05) is 34.9 Å². The highest BCUT2D eigenvalue weighted by Gasteiger charge is 2.43. The fourth-order valence-electron chi connectivity index (χ4n) is 7.75. The predicted molar refractivity (Wildman–Crippen MR) is 200 cm³/mol. The second kappa shape index (κ2) is 21.0. The van der Waals surface area contributed by atoms with Crippen LogP contribution in [0.25, 0.3) is 0 Å². The van der Waals surface area contributed by atoms with Crippen molar-refractivity contribution in [1.29, 1.82) is 0 Å². The lowest BCUT2D eigenvalue weighted by atomic mass is 9.87. The lowest BCUT2D eigenvalue weighted by Crippen LogP contribution is -2.60. The molecule has 12 nitrogen and oxygen atoms in total. The number of aliphatic hydroxyl groups is 1. The maximum atomic E-state index is 14.2. The molecule has 1 aliphatic rings. The summed E-state index contributed by atoms with van der Waals surface area (Å²) < 4.78 is 12.0. The Kier molecular flexibility index (Phi) is 18.2. The maximum Gasteiger partial charge on any atom is 0.244 e. The molecule has 12 heteroatoms. The van der Waals surface area contributed by atoms with Gasteiger partial charge in [0.1, 0.15) is 0 Å². The van der Waals surface area contributed by atoms with Crippen LogP contribution in [-0.4, -0.2) is 116 Å². The molecule has 0 spiro atoms. The van der Waals surface area contributed by atoms with E-state index in [2.05, 4.69) is 29.8 Å². The number of carbonyl (C=O) groups excluding carboxylic acids is 4. The van der Waals surface area contributed by atoms with Crippen molar-refractivity contribution >= 4 is 23.6 Å². The molecule has 0 bridgehead atoms. The van der Waals surface area contributed by atoms with E-state index in [1.54, 1.807) is 35.1 Å². The summed E-state index contributed by atoms with van der Waals surface area (Å²) >= 11 is 0. The molecule has 290 valence electrons. The predicted octanol–water partition coefficient (Wildman–Crippen LogP) is 3.53. The normalized spacial score (nSPS) is 20.3. The highest BCUT2D eigenvalue weighted by atomic mass is 16.5. The number of likely N-dealkylation sites (tertiary alicyclic amines) is 1. The molecule has 2 rings (SSSR count). The fraction of sp³-hybridized carbons (Fsp3) is 0.744. The molecule has 1 aliphatic heterocycles. The van der Waals surface area contributed by atoms with Crippen LogP contribution in [-0.2, 0) is 28.7 Å². The van der Waals surface area contributed by atoms with E-state index in [1.165, 1.54) is 0 Å². The van der Waals surface area contributed by atoms with Crippen LogP contribution >= 0.6 is 0 Å². The van der Waals surface area contributed by atoms with Crippen LogP contribution in [0.2, 0.25) is 0 Å². The Balaban J connectivity index is 2.25. The molecule has 51 heavy (non-hydrogen) atoms. The van der Waals surface area contributed by atoms with Gasteiger partial charge in [0.2, 0.25) is 23.6 Å². The standard InChI is InChI=1S/C39H67N5O7/c1-13-25(6)34(43(10)33(24(4)5)39(49)42-38(48)32(40-9)23(2)3)30(50-11)22-31(45)44-21-17-20-29(44)36(51-12)26(7)37(47)41-27(8)35(46)28-18-15-14-16-19-28/h14-16,18-19,23-27,29-30,32-36,40,46H,13,17,20-22H2,1-12H3,(H,41,47)(H,42,48,49). The lowest BCUT2D eigenvalue weighted by Gasteiger charge is -2.43. The van der Waals surface area contributed by atoms with Crippen LogP contribution in [0.3, 0.4) is 0 Å².